The van der Waals surface area contributed by atoms with Gasteiger partial charge in [-0.25, -0.2) is 22.2 Å². The van der Waals surface area contributed by atoms with Crippen molar-refractivity contribution in [2.75, 3.05) is 10.0 Å². The number of rotatable bonds is 5. The maximum Gasteiger partial charge on any atom is 0.264 e. The summed E-state index contributed by atoms with van der Waals surface area (Å²) in [5.74, 6) is -0.0364. The molecule has 1 aliphatic heterocycles. The van der Waals surface area contributed by atoms with E-state index in [0.29, 0.717) is 5.95 Å². The number of nitrogens with one attached hydrogen (secondary N) is 2. The van der Waals surface area contributed by atoms with Crippen LogP contribution in [-0.2, 0) is 10.0 Å². The van der Waals surface area contributed by atoms with Crippen molar-refractivity contribution in [1.29, 1.82) is 0 Å². The lowest BCUT2D eigenvalue weighted by Gasteiger charge is -2.24. The van der Waals surface area contributed by atoms with Gasteiger partial charge in [0, 0.05) is 5.70 Å². The first-order chi connectivity index (χ1) is 15.9. The maximum absolute atomic E-state index is 13.5. The molecule has 2 heterocycles. The van der Waals surface area contributed by atoms with Crippen molar-refractivity contribution in [3.63, 3.8) is 0 Å². The van der Waals surface area contributed by atoms with E-state index in [0.717, 1.165) is 22.4 Å². The minimum Gasteiger partial charge on any atom is -0.324 e. The summed E-state index contributed by atoms with van der Waals surface area (Å²) in [4.78, 5) is 4.49. The minimum absolute atomic E-state index is 0.0629. The van der Waals surface area contributed by atoms with Crippen LogP contribution in [0.2, 0.25) is 0 Å². The summed E-state index contributed by atoms with van der Waals surface area (Å²) in [5, 5.41) is 7.63. The first kappa shape index (κ1) is 20.9. The first-order valence-electron chi connectivity index (χ1n) is 10.2. The van der Waals surface area contributed by atoms with Crippen molar-refractivity contribution in [1.82, 2.24) is 14.8 Å². The number of hydrogen-bond donors (Lipinski definition) is 2. The zero-order valence-corrected chi connectivity index (χ0v) is 18.4. The summed E-state index contributed by atoms with van der Waals surface area (Å²) in [5.41, 5.74) is 3.65. The highest BCUT2D eigenvalue weighted by Crippen LogP contribution is 2.33. The number of hydrogen-bond acceptors (Lipinski definition) is 5. The molecule has 4 aromatic rings. The molecule has 9 heteroatoms. The summed E-state index contributed by atoms with van der Waals surface area (Å²) in [6.45, 7) is 2.01. The van der Waals surface area contributed by atoms with E-state index in [1.807, 2.05) is 37.3 Å². The molecule has 0 fully saturated rings. The van der Waals surface area contributed by atoms with Crippen molar-refractivity contribution in [3.05, 3.63) is 107 Å². The second-order valence-corrected chi connectivity index (χ2v) is 9.37. The van der Waals surface area contributed by atoms with Crippen LogP contribution in [0, 0.1) is 12.7 Å². The molecule has 0 bridgehead atoms. The lowest BCUT2D eigenvalue weighted by Crippen LogP contribution is -2.20. The number of anilines is 2. The Morgan fingerprint density at radius 2 is 1.67 bits per heavy atom. The summed E-state index contributed by atoms with van der Waals surface area (Å²) in [6, 6.07) is 21.7. The molecule has 0 radical (unpaired) electrons. The molecule has 7 nitrogen and oxygen atoms in total. The van der Waals surface area contributed by atoms with Gasteiger partial charge in [0.25, 0.3) is 16.0 Å². The van der Waals surface area contributed by atoms with Crippen LogP contribution in [0.15, 0.2) is 89.8 Å². The molecule has 1 aliphatic rings. The van der Waals surface area contributed by atoms with Crippen molar-refractivity contribution < 1.29 is 12.8 Å². The third-order valence-electron chi connectivity index (χ3n) is 5.32. The van der Waals surface area contributed by atoms with E-state index < -0.39 is 16.1 Å². The molecule has 33 heavy (non-hydrogen) atoms. The summed E-state index contributed by atoms with van der Waals surface area (Å²) in [7, 11) is -3.85. The third-order valence-corrected chi connectivity index (χ3v) is 6.66. The smallest absolute Gasteiger partial charge is 0.264 e. The van der Waals surface area contributed by atoms with Gasteiger partial charge in [-0.15, -0.1) is 5.10 Å². The fourth-order valence-corrected chi connectivity index (χ4v) is 4.57. The largest absolute Gasteiger partial charge is 0.324 e. The summed E-state index contributed by atoms with van der Waals surface area (Å²) in [6.07, 6.45) is 1.95. The number of sulfonamides is 1. The van der Waals surface area contributed by atoms with Crippen molar-refractivity contribution in [3.8, 4) is 0 Å². The highest BCUT2D eigenvalue weighted by molar-refractivity contribution is 7.92. The van der Waals surface area contributed by atoms with E-state index in [1.165, 1.54) is 24.3 Å². The molecule has 2 N–H and O–H groups in total. The zero-order valence-electron chi connectivity index (χ0n) is 17.6. The van der Waals surface area contributed by atoms with Crippen LogP contribution in [0.1, 0.15) is 22.7 Å². The van der Waals surface area contributed by atoms with Crippen molar-refractivity contribution in [2.24, 2.45) is 0 Å². The minimum atomic E-state index is -3.85. The van der Waals surface area contributed by atoms with E-state index in [-0.39, 0.29) is 16.7 Å². The molecule has 0 amide bonds. The SMILES string of the molecule is Cc1ccc(C2=C[C@@H](c3ccc(F)cc3)n3nc(NS(=O)(=O)c4ccccc4)nc3N2)cc1. The van der Waals surface area contributed by atoms with Gasteiger partial charge >= 0.3 is 0 Å². The molecular weight excluding hydrogens is 441 g/mol. The number of benzene rings is 3. The summed E-state index contributed by atoms with van der Waals surface area (Å²) >= 11 is 0. The van der Waals surface area contributed by atoms with Gasteiger partial charge in [-0.2, -0.15) is 4.98 Å². The van der Waals surface area contributed by atoms with E-state index in [4.69, 9.17) is 0 Å². The molecule has 3 aromatic carbocycles. The van der Waals surface area contributed by atoms with Gasteiger partial charge in [0.1, 0.15) is 11.9 Å². The Kier molecular flexibility index (Phi) is 5.18. The fourth-order valence-electron chi connectivity index (χ4n) is 3.61. The molecule has 1 atom stereocenters. The number of aryl methyl sites for hydroxylation is 1. The second kappa shape index (κ2) is 8.18. The van der Waals surface area contributed by atoms with Crippen LogP contribution in [0.4, 0.5) is 16.3 Å². The monoisotopic (exact) mass is 461 g/mol. The Balaban J connectivity index is 1.54. The average Bonchev–Trinajstić information content (AvgIpc) is 3.22. The van der Waals surface area contributed by atoms with Gasteiger partial charge < -0.3 is 5.32 Å². The predicted molar refractivity (Wildman–Crippen MR) is 125 cm³/mol. The number of nitrogens with zero attached hydrogens (tertiary/aromatic N) is 3. The topological polar surface area (TPSA) is 88.9 Å². The van der Waals surface area contributed by atoms with Gasteiger partial charge in [0.2, 0.25) is 5.95 Å². The van der Waals surface area contributed by atoms with E-state index in [2.05, 4.69) is 20.1 Å². The Bertz CT molecular complexity index is 1430. The number of aromatic nitrogens is 3. The zero-order chi connectivity index (χ0) is 23.0. The molecule has 166 valence electrons. The van der Waals surface area contributed by atoms with Gasteiger partial charge in [-0.1, -0.05) is 60.2 Å². The number of allylic oxidation sites excluding steroid dienone is 1. The standard InChI is InChI=1S/C24H20FN5O2S/c1-16-7-9-17(10-8-16)21-15-22(18-11-13-19(25)14-12-18)30-24(26-21)27-23(28-30)29-33(31,32)20-5-3-2-4-6-20/h2-15,22H,1H3,(H2,26,27,28,29)/t22-/m0/s1. The van der Waals surface area contributed by atoms with E-state index in [9.17, 15) is 12.8 Å². The Hall–Kier alpha value is -3.98. The molecule has 0 spiro atoms. The van der Waals surface area contributed by atoms with E-state index in [1.54, 1.807) is 35.0 Å². The number of halogens is 1. The number of fused-ring (bicyclic) bond motifs is 1. The van der Waals surface area contributed by atoms with Crippen LogP contribution in [0.3, 0.4) is 0 Å². The van der Waals surface area contributed by atoms with E-state index >= 15 is 0 Å². The summed E-state index contributed by atoms with van der Waals surface area (Å²) < 4.78 is 43.1. The second-order valence-electron chi connectivity index (χ2n) is 7.69. The van der Waals surface area contributed by atoms with Crippen LogP contribution >= 0.6 is 0 Å². The Morgan fingerprint density at radius 3 is 2.36 bits per heavy atom. The molecule has 1 aromatic heterocycles. The maximum atomic E-state index is 13.5. The van der Waals surface area contributed by atoms with Gasteiger partial charge in [0.05, 0.1) is 4.90 Å². The lowest BCUT2D eigenvalue weighted by atomic mass is 10.0. The average molecular weight is 462 g/mol. The van der Waals surface area contributed by atoms with Gasteiger partial charge in [-0.3, -0.25) is 0 Å². The van der Waals surface area contributed by atoms with Crippen LogP contribution in [0.25, 0.3) is 5.70 Å². The van der Waals surface area contributed by atoms with Crippen LogP contribution in [-0.4, -0.2) is 23.2 Å². The van der Waals surface area contributed by atoms with Crippen molar-refractivity contribution >= 4 is 27.6 Å². The quantitative estimate of drug-likeness (QED) is 0.454. The van der Waals surface area contributed by atoms with Crippen LogP contribution < -0.4 is 10.0 Å². The molecule has 0 unspecified atom stereocenters. The normalized spacial score (nSPS) is 15.3. The predicted octanol–water partition coefficient (Wildman–Crippen LogP) is 4.58. The highest BCUT2D eigenvalue weighted by atomic mass is 32.2. The fraction of sp³-hybridized carbons (Fsp3) is 0.0833. The third kappa shape index (κ3) is 4.22. The molecule has 0 saturated carbocycles. The molecule has 5 rings (SSSR count). The Labute approximate surface area is 190 Å². The molecule has 0 saturated heterocycles. The highest BCUT2D eigenvalue weighted by Gasteiger charge is 2.27. The van der Waals surface area contributed by atoms with Gasteiger partial charge in [0.15, 0.2) is 0 Å². The molecule has 0 aliphatic carbocycles. The first-order valence-corrected chi connectivity index (χ1v) is 11.7. The van der Waals surface area contributed by atoms with Crippen molar-refractivity contribution in [2.45, 2.75) is 17.9 Å². The Morgan fingerprint density at radius 1 is 0.970 bits per heavy atom. The van der Waals surface area contributed by atoms with Crippen LogP contribution in [0.5, 0.6) is 0 Å². The lowest BCUT2D eigenvalue weighted by molar-refractivity contribution is 0.597. The molecular formula is C24H20FN5O2S. The van der Waals surface area contributed by atoms with Gasteiger partial charge in [-0.05, 0) is 48.4 Å².